The number of aliphatic hydroxyl groups is 1. The lowest BCUT2D eigenvalue weighted by atomic mass is 10.0. The van der Waals surface area contributed by atoms with Crippen LogP contribution >= 0.6 is 15.9 Å². The van der Waals surface area contributed by atoms with Gasteiger partial charge in [-0.2, -0.15) is 0 Å². The van der Waals surface area contributed by atoms with Gasteiger partial charge < -0.3 is 15.2 Å². The fraction of sp³-hybridized carbons (Fsp3) is 0.500. The molecule has 19 heavy (non-hydrogen) atoms. The zero-order valence-corrected chi connectivity index (χ0v) is 12.7. The molecule has 2 rings (SSSR count). The third-order valence-electron chi connectivity index (χ3n) is 3.48. The number of benzene rings is 1. The molecule has 2 N–H and O–H groups in total. The molecule has 104 valence electrons. The molecule has 1 fully saturated rings. The minimum absolute atomic E-state index is 0.216. The third-order valence-corrected chi connectivity index (χ3v) is 4.17. The summed E-state index contributed by atoms with van der Waals surface area (Å²) in [7, 11) is 1.56. The van der Waals surface area contributed by atoms with Crippen LogP contribution in [-0.2, 0) is 0 Å². The second-order valence-corrected chi connectivity index (χ2v) is 6.01. The average Bonchev–Trinajstić information content (AvgIpc) is 3.21. The number of hydrogen-bond acceptors (Lipinski definition) is 3. The molecule has 0 spiro atoms. The molecule has 0 bridgehead atoms. The van der Waals surface area contributed by atoms with Crippen LogP contribution in [0.15, 0.2) is 22.7 Å². The Morgan fingerprint density at radius 2 is 2.26 bits per heavy atom. The highest BCUT2D eigenvalue weighted by Gasteiger charge is 2.40. The van der Waals surface area contributed by atoms with Gasteiger partial charge in [-0.25, -0.2) is 0 Å². The van der Waals surface area contributed by atoms with Gasteiger partial charge in [-0.15, -0.1) is 0 Å². The molecule has 1 aliphatic carbocycles. The largest absolute Gasteiger partial charge is 0.497 e. The molecule has 5 heteroatoms. The molecule has 0 radical (unpaired) electrons. The normalized spacial score (nSPS) is 17.7. The molecule has 1 aromatic rings. The van der Waals surface area contributed by atoms with Gasteiger partial charge in [-0.05, 0) is 59.8 Å². The molecule has 1 unspecified atom stereocenters. The van der Waals surface area contributed by atoms with Gasteiger partial charge in [0.15, 0.2) is 0 Å². The highest BCUT2D eigenvalue weighted by molar-refractivity contribution is 9.10. The number of methoxy groups -OCH3 is 1. The standard InChI is InChI=1S/C14H18BrNO3/c1-14(18,9-3-4-9)8-16-13(17)11-7-10(19-2)5-6-12(11)15/h5-7,9,18H,3-4,8H2,1-2H3,(H,16,17). The van der Waals surface area contributed by atoms with E-state index in [1.54, 1.807) is 32.2 Å². The fourth-order valence-corrected chi connectivity index (χ4v) is 2.44. The number of carbonyl (C=O) groups excluding carboxylic acids is 1. The van der Waals surface area contributed by atoms with Crippen molar-refractivity contribution in [1.82, 2.24) is 5.32 Å². The number of ether oxygens (including phenoxy) is 1. The van der Waals surface area contributed by atoms with Gasteiger partial charge in [0.2, 0.25) is 0 Å². The van der Waals surface area contributed by atoms with Gasteiger partial charge in [0.25, 0.3) is 5.91 Å². The summed E-state index contributed by atoms with van der Waals surface area (Å²) < 4.78 is 5.81. The van der Waals surface area contributed by atoms with Crippen LogP contribution in [-0.4, -0.2) is 30.3 Å². The van der Waals surface area contributed by atoms with Crippen LogP contribution in [0.3, 0.4) is 0 Å². The number of hydrogen-bond donors (Lipinski definition) is 2. The van der Waals surface area contributed by atoms with Crippen molar-refractivity contribution in [3.05, 3.63) is 28.2 Å². The summed E-state index contributed by atoms with van der Waals surface area (Å²) in [5, 5.41) is 12.9. The lowest BCUT2D eigenvalue weighted by Gasteiger charge is -2.23. The number of halogens is 1. The lowest BCUT2D eigenvalue weighted by Crippen LogP contribution is -2.42. The molecule has 1 aliphatic rings. The van der Waals surface area contributed by atoms with E-state index in [0.29, 0.717) is 21.7 Å². The van der Waals surface area contributed by atoms with E-state index in [0.717, 1.165) is 12.8 Å². The number of rotatable bonds is 5. The SMILES string of the molecule is COc1ccc(Br)c(C(=O)NCC(C)(O)C2CC2)c1. The second kappa shape index (κ2) is 5.51. The first-order chi connectivity index (χ1) is 8.94. The first kappa shape index (κ1) is 14.3. The Labute approximate surface area is 121 Å². The van der Waals surface area contributed by atoms with E-state index in [4.69, 9.17) is 4.74 Å². The minimum atomic E-state index is -0.818. The van der Waals surface area contributed by atoms with E-state index in [1.807, 2.05) is 0 Å². The molecule has 0 heterocycles. The van der Waals surface area contributed by atoms with E-state index in [-0.39, 0.29) is 12.5 Å². The number of carbonyl (C=O) groups is 1. The summed E-state index contributed by atoms with van der Waals surface area (Å²) in [4.78, 5) is 12.1. The summed E-state index contributed by atoms with van der Waals surface area (Å²) in [5.41, 5.74) is -0.313. The Hall–Kier alpha value is -1.07. The van der Waals surface area contributed by atoms with Crippen molar-refractivity contribution in [1.29, 1.82) is 0 Å². The van der Waals surface area contributed by atoms with Crippen molar-refractivity contribution in [3.63, 3.8) is 0 Å². The smallest absolute Gasteiger partial charge is 0.252 e. The van der Waals surface area contributed by atoms with Gasteiger partial charge in [-0.1, -0.05) is 0 Å². The predicted molar refractivity (Wildman–Crippen MR) is 76.4 cm³/mol. The molecule has 1 aromatic carbocycles. The van der Waals surface area contributed by atoms with Crippen LogP contribution in [0.4, 0.5) is 0 Å². The molecule has 0 aromatic heterocycles. The van der Waals surface area contributed by atoms with Crippen molar-refractivity contribution >= 4 is 21.8 Å². The maximum atomic E-state index is 12.1. The van der Waals surface area contributed by atoms with Crippen LogP contribution in [0.2, 0.25) is 0 Å². The highest BCUT2D eigenvalue weighted by Crippen LogP contribution is 2.39. The Morgan fingerprint density at radius 3 is 2.84 bits per heavy atom. The molecule has 0 saturated heterocycles. The number of amides is 1. The van der Waals surface area contributed by atoms with Crippen molar-refractivity contribution in [3.8, 4) is 5.75 Å². The zero-order chi connectivity index (χ0) is 14.0. The van der Waals surface area contributed by atoms with E-state index >= 15 is 0 Å². The lowest BCUT2D eigenvalue weighted by molar-refractivity contribution is 0.0354. The van der Waals surface area contributed by atoms with Crippen molar-refractivity contribution in [2.75, 3.05) is 13.7 Å². The first-order valence-electron chi connectivity index (χ1n) is 6.28. The molecule has 1 amide bonds. The molecule has 1 atom stereocenters. The van der Waals surface area contributed by atoms with E-state index in [2.05, 4.69) is 21.2 Å². The quantitative estimate of drug-likeness (QED) is 0.872. The van der Waals surface area contributed by atoms with Gasteiger partial charge in [0.1, 0.15) is 5.75 Å². The van der Waals surface area contributed by atoms with Crippen LogP contribution in [0.1, 0.15) is 30.1 Å². The number of nitrogens with one attached hydrogen (secondary N) is 1. The Kier molecular flexibility index (Phi) is 4.16. The molecular weight excluding hydrogens is 310 g/mol. The molecule has 0 aliphatic heterocycles. The van der Waals surface area contributed by atoms with Crippen LogP contribution in [0.5, 0.6) is 5.75 Å². The minimum Gasteiger partial charge on any atom is -0.497 e. The van der Waals surface area contributed by atoms with Gasteiger partial charge in [0.05, 0.1) is 18.3 Å². The summed E-state index contributed by atoms with van der Waals surface area (Å²) in [5.74, 6) is 0.718. The van der Waals surface area contributed by atoms with Crippen LogP contribution in [0, 0.1) is 5.92 Å². The Morgan fingerprint density at radius 1 is 1.58 bits per heavy atom. The maximum Gasteiger partial charge on any atom is 0.252 e. The highest BCUT2D eigenvalue weighted by atomic mass is 79.9. The second-order valence-electron chi connectivity index (χ2n) is 5.16. The van der Waals surface area contributed by atoms with Gasteiger partial charge in [-0.3, -0.25) is 4.79 Å². The average molecular weight is 328 g/mol. The first-order valence-corrected chi connectivity index (χ1v) is 7.07. The predicted octanol–water partition coefficient (Wildman–Crippen LogP) is 2.35. The monoisotopic (exact) mass is 327 g/mol. The van der Waals surface area contributed by atoms with Crippen molar-refractivity contribution < 1.29 is 14.6 Å². The van der Waals surface area contributed by atoms with E-state index in [1.165, 1.54) is 0 Å². The fourth-order valence-electron chi connectivity index (χ4n) is 2.01. The van der Waals surface area contributed by atoms with Gasteiger partial charge in [0, 0.05) is 11.0 Å². The molecular formula is C14H18BrNO3. The Bertz CT molecular complexity index is 484. The van der Waals surface area contributed by atoms with Crippen LogP contribution in [0.25, 0.3) is 0 Å². The van der Waals surface area contributed by atoms with E-state index < -0.39 is 5.60 Å². The zero-order valence-electron chi connectivity index (χ0n) is 11.1. The van der Waals surface area contributed by atoms with Crippen molar-refractivity contribution in [2.24, 2.45) is 5.92 Å². The van der Waals surface area contributed by atoms with Gasteiger partial charge >= 0.3 is 0 Å². The summed E-state index contributed by atoms with van der Waals surface area (Å²) in [6.45, 7) is 2.03. The maximum absolute atomic E-state index is 12.1. The van der Waals surface area contributed by atoms with Crippen LogP contribution < -0.4 is 10.1 Å². The summed E-state index contributed by atoms with van der Waals surface area (Å²) >= 11 is 3.34. The molecule has 4 nitrogen and oxygen atoms in total. The molecule has 1 saturated carbocycles. The topological polar surface area (TPSA) is 58.6 Å². The Balaban J connectivity index is 2.03. The van der Waals surface area contributed by atoms with Crippen molar-refractivity contribution in [2.45, 2.75) is 25.4 Å². The summed E-state index contributed by atoms with van der Waals surface area (Å²) in [6, 6.07) is 5.22. The third kappa shape index (κ3) is 3.48. The van der Waals surface area contributed by atoms with E-state index in [9.17, 15) is 9.90 Å². The summed E-state index contributed by atoms with van der Waals surface area (Å²) in [6.07, 6.45) is 2.07.